The minimum atomic E-state index is -0.195. The first kappa shape index (κ1) is 19.3. The molecule has 2 N–H and O–H groups in total. The van der Waals surface area contributed by atoms with Crippen molar-refractivity contribution in [3.8, 4) is 0 Å². The van der Waals surface area contributed by atoms with Crippen LogP contribution in [0.2, 0.25) is 0 Å². The highest BCUT2D eigenvalue weighted by atomic mass is 127. The van der Waals surface area contributed by atoms with Crippen molar-refractivity contribution >= 4 is 29.9 Å². The van der Waals surface area contributed by atoms with Crippen molar-refractivity contribution in [1.82, 2.24) is 15.6 Å². The van der Waals surface area contributed by atoms with E-state index in [-0.39, 0.29) is 29.8 Å². The lowest BCUT2D eigenvalue weighted by Gasteiger charge is -2.11. The fourth-order valence-electron chi connectivity index (χ4n) is 1.92. The SMILES string of the molecule is CCNC(=NCc1ccc(C)c(F)c1)NCc1ccccn1.I. The van der Waals surface area contributed by atoms with E-state index >= 15 is 0 Å². The van der Waals surface area contributed by atoms with E-state index in [1.54, 1.807) is 19.2 Å². The molecule has 1 aromatic heterocycles. The van der Waals surface area contributed by atoms with E-state index in [0.717, 1.165) is 17.8 Å². The van der Waals surface area contributed by atoms with E-state index in [2.05, 4.69) is 20.6 Å². The molecule has 0 aliphatic heterocycles. The van der Waals surface area contributed by atoms with Crippen LogP contribution in [-0.2, 0) is 13.1 Å². The van der Waals surface area contributed by atoms with E-state index < -0.39 is 0 Å². The second-order valence-electron chi connectivity index (χ2n) is 4.95. The molecule has 0 amide bonds. The van der Waals surface area contributed by atoms with Gasteiger partial charge in [-0.15, -0.1) is 24.0 Å². The number of aromatic nitrogens is 1. The second-order valence-corrected chi connectivity index (χ2v) is 4.95. The summed E-state index contributed by atoms with van der Waals surface area (Å²) < 4.78 is 13.5. The summed E-state index contributed by atoms with van der Waals surface area (Å²) in [5.41, 5.74) is 2.43. The smallest absolute Gasteiger partial charge is 0.191 e. The van der Waals surface area contributed by atoms with Crippen LogP contribution in [0.15, 0.2) is 47.6 Å². The fraction of sp³-hybridized carbons (Fsp3) is 0.294. The van der Waals surface area contributed by atoms with Crippen LogP contribution < -0.4 is 10.6 Å². The van der Waals surface area contributed by atoms with Gasteiger partial charge in [0, 0.05) is 12.7 Å². The van der Waals surface area contributed by atoms with Gasteiger partial charge in [-0.3, -0.25) is 4.98 Å². The minimum absolute atomic E-state index is 0. The lowest BCUT2D eigenvalue weighted by atomic mass is 10.1. The summed E-state index contributed by atoms with van der Waals surface area (Å²) in [7, 11) is 0. The van der Waals surface area contributed by atoms with Crippen molar-refractivity contribution < 1.29 is 4.39 Å². The molecule has 0 aliphatic rings. The quantitative estimate of drug-likeness (QED) is 0.436. The Morgan fingerprint density at radius 1 is 1.22 bits per heavy atom. The molecule has 0 spiro atoms. The van der Waals surface area contributed by atoms with Gasteiger partial charge in [0.1, 0.15) is 5.82 Å². The first-order chi connectivity index (χ1) is 10.7. The van der Waals surface area contributed by atoms with Gasteiger partial charge in [-0.1, -0.05) is 18.2 Å². The van der Waals surface area contributed by atoms with Gasteiger partial charge in [0.2, 0.25) is 0 Å². The maximum atomic E-state index is 13.5. The number of pyridine rings is 1. The predicted molar refractivity (Wildman–Crippen MR) is 102 cm³/mol. The largest absolute Gasteiger partial charge is 0.357 e. The molecule has 23 heavy (non-hydrogen) atoms. The van der Waals surface area contributed by atoms with E-state index in [0.29, 0.717) is 24.6 Å². The zero-order chi connectivity index (χ0) is 15.8. The van der Waals surface area contributed by atoms with Crippen molar-refractivity contribution in [1.29, 1.82) is 0 Å². The average Bonchev–Trinajstić information content (AvgIpc) is 2.54. The summed E-state index contributed by atoms with van der Waals surface area (Å²) in [6.45, 7) is 5.53. The van der Waals surface area contributed by atoms with Crippen LogP contribution in [0, 0.1) is 12.7 Å². The van der Waals surface area contributed by atoms with Crippen LogP contribution in [0.4, 0.5) is 4.39 Å². The molecular formula is C17H22FIN4. The maximum absolute atomic E-state index is 13.5. The molecule has 6 heteroatoms. The first-order valence-corrected chi connectivity index (χ1v) is 7.36. The number of nitrogens with one attached hydrogen (secondary N) is 2. The molecule has 0 radical (unpaired) electrons. The number of hydrogen-bond donors (Lipinski definition) is 2. The van der Waals surface area contributed by atoms with Crippen molar-refractivity contribution in [2.24, 2.45) is 4.99 Å². The third-order valence-corrected chi connectivity index (χ3v) is 3.16. The molecule has 0 fully saturated rings. The number of benzene rings is 1. The van der Waals surface area contributed by atoms with Gasteiger partial charge >= 0.3 is 0 Å². The highest BCUT2D eigenvalue weighted by Gasteiger charge is 2.01. The number of aryl methyl sites for hydroxylation is 1. The van der Waals surface area contributed by atoms with Crippen molar-refractivity contribution in [2.75, 3.05) is 6.54 Å². The van der Waals surface area contributed by atoms with E-state index in [1.807, 2.05) is 31.2 Å². The Kier molecular flexibility index (Phi) is 8.53. The summed E-state index contributed by atoms with van der Waals surface area (Å²) in [5, 5.41) is 6.38. The third kappa shape index (κ3) is 6.52. The highest BCUT2D eigenvalue weighted by molar-refractivity contribution is 14.0. The minimum Gasteiger partial charge on any atom is -0.357 e. The van der Waals surface area contributed by atoms with Crippen molar-refractivity contribution in [2.45, 2.75) is 26.9 Å². The Hall–Kier alpha value is -1.70. The summed E-state index contributed by atoms with van der Waals surface area (Å²) in [5.74, 6) is 0.494. The van der Waals surface area contributed by atoms with Crippen molar-refractivity contribution in [3.63, 3.8) is 0 Å². The summed E-state index contributed by atoms with van der Waals surface area (Å²) >= 11 is 0. The number of guanidine groups is 1. The number of rotatable bonds is 5. The van der Waals surface area contributed by atoms with Gasteiger partial charge < -0.3 is 10.6 Å². The molecule has 0 saturated heterocycles. The Balaban J connectivity index is 0.00000264. The molecule has 0 atom stereocenters. The fourth-order valence-corrected chi connectivity index (χ4v) is 1.92. The summed E-state index contributed by atoms with van der Waals surface area (Å²) in [6, 6.07) is 11.0. The van der Waals surface area contributed by atoms with Crippen LogP contribution in [-0.4, -0.2) is 17.5 Å². The zero-order valence-corrected chi connectivity index (χ0v) is 15.7. The topological polar surface area (TPSA) is 49.3 Å². The molecule has 0 bridgehead atoms. The maximum Gasteiger partial charge on any atom is 0.191 e. The summed E-state index contributed by atoms with van der Waals surface area (Å²) in [6.07, 6.45) is 1.76. The molecule has 4 nitrogen and oxygen atoms in total. The lowest BCUT2D eigenvalue weighted by Crippen LogP contribution is -2.37. The molecule has 2 aromatic rings. The van der Waals surface area contributed by atoms with Gasteiger partial charge in [-0.2, -0.15) is 0 Å². The molecule has 0 unspecified atom stereocenters. The van der Waals surface area contributed by atoms with Crippen LogP contribution >= 0.6 is 24.0 Å². The molecule has 0 aliphatic carbocycles. The number of aliphatic imine (C=N–C) groups is 1. The van der Waals surface area contributed by atoms with Gasteiger partial charge in [-0.25, -0.2) is 9.38 Å². The molecule has 1 heterocycles. The van der Waals surface area contributed by atoms with Gasteiger partial charge in [0.15, 0.2) is 5.96 Å². The third-order valence-electron chi connectivity index (χ3n) is 3.16. The predicted octanol–water partition coefficient (Wildman–Crippen LogP) is 3.40. The van der Waals surface area contributed by atoms with Crippen molar-refractivity contribution in [3.05, 3.63) is 65.2 Å². The number of halogens is 2. The average molecular weight is 428 g/mol. The Bertz CT molecular complexity index is 632. The van der Waals surface area contributed by atoms with Crippen LogP contribution in [0.3, 0.4) is 0 Å². The highest BCUT2D eigenvalue weighted by Crippen LogP contribution is 2.09. The van der Waals surface area contributed by atoms with E-state index in [9.17, 15) is 4.39 Å². The van der Waals surface area contributed by atoms with Crippen LogP contribution in [0.1, 0.15) is 23.7 Å². The standard InChI is InChI=1S/C17H21FN4.HI/c1-3-19-17(22-12-15-6-4-5-9-20-15)21-11-14-8-7-13(2)16(18)10-14;/h4-10H,3,11-12H2,1-2H3,(H2,19,21,22);1H. The second kappa shape index (κ2) is 10.1. The van der Waals surface area contributed by atoms with E-state index in [1.165, 1.54) is 6.07 Å². The molecule has 1 aromatic carbocycles. The van der Waals surface area contributed by atoms with Gasteiger partial charge in [0.25, 0.3) is 0 Å². The monoisotopic (exact) mass is 428 g/mol. The van der Waals surface area contributed by atoms with Gasteiger partial charge in [-0.05, 0) is 43.2 Å². The van der Waals surface area contributed by atoms with Gasteiger partial charge in [0.05, 0.1) is 18.8 Å². The number of hydrogen-bond acceptors (Lipinski definition) is 2. The number of nitrogens with zero attached hydrogens (tertiary/aromatic N) is 2. The Morgan fingerprint density at radius 3 is 2.70 bits per heavy atom. The normalized spacial score (nSPS) is 10.8. The zero-order valence-electron chi connectivity index (χ0n) is 13.3. The Morgan fingerprint density at radius 2 is 2.04 bits per heavy atom. The molecular weight excluding hydrogens is 406 g/mol. The molecule has 2 rings (SSSR count). The molecule has 124 valence electrons. The first-order valence-electron chi connectivity index (χ1n) is 7.36. The van der Waals surface area contributed by atoms with Crippen LogP contribution in [0.5, 0.6) is 0 Å². The molecule has 0 saturated carbocycles. The van der Waals surface area contributed by atoms with E-state index in [4.69, 9.17) is 0 Å². The summed E-state index contributed by atoms with van der Waals surface area (Å²) in [4.78, 5) is 8.73. The van der Waals surface area contributed by atoms with Crippen LogP contribution in [0.25, 0.3) is 0 Å². The lowest BCUT2D eigenvalue weighted by molar-refractivity contribution is 0.616. The Labute approximate surface area is 153 Å².